The van der Waals surface area contributed by atoms with E-state index in [0.29, 0.717) is 0 Å². The van der Waals surface area contributed by atoms with Crippen molar-refractivity contribution in [1.29, 1.82) is 0 Å². The minimum atomic E-state index is 1.18. The zero-order valence-corrected chi connectivity index (χ0v) is 11.6. The molecule has 0 atom stereocenters. The van der Waals surface area contributed by atoms with E-state index in [-0.39, 0.29) is 0 Å². The average Bonchev–Trinajstić information content (AvgIpc) is 2.46. The first kappa shape index (κ1) is 12.2. The Hall–Kier alpha value is -1.30. The Labute approximate surface area is 105 Å². The fourth-order valence-corrected chi connectivity index (χ4v) is 3.05. The Morgan fingerprint density at radius 1 is 0.706 bits per heavy atom. The average molecular weight is 226 g/mol. The van der Waals surface area contributed by atoms with Crippen LogP contribution in [0, 0.1) is 27.7 Å². The standard InChI is InChI=1S/C17H22/c1-6-7-15-9-13(4)16-11(2)8-12(3)17(16)14(5)10-15/h8-10H,6-7H2,1-5H3. The lowest BCUT2D eigenvalue weighted by Crippen LogP contribution is -1.81. The van der Waals surface area contributed by atoms with Gasteiger partial charge in [-0.15, -0.1) is 0 Å². The summed E-state index contributed by atoms with van der Waals surface area (Å²) in [4.78, 5) is 0. The van der Waals surface area contributed by atoms with E-state index in [9.17, 15) is 0 Å². The molecule has 0 saturated carbocycles. The zero-order chi connectivity index (χ0) is 12.6. The summed E-state index contributed by atoms with van der Waals surface area (Å²) in [7, 11) is 0. The van der Waals surface area contributed by atoms with Crippen LogP contribution in [0.5, 0.6) is 0 Å². The molecular weight excluding hydrogens is 204 g/mol. The van der Waals surface area contributed by atoms with Gasteiger partial charge in [0, 0.05) is 0 Å². The molecule has 0 amide bonds. The molecule has 0 saturated heterocycles. The highest BCUT2D eigenvalue weighted by atomic mass is 14.2. The van der Waals surface area contributed by atoms with Gasteiger partial charge in [0.15, 0.2) is 0 Å². The van der Waals surface area contributed by atoms with Crippen LogP contribution in [0.1, 0.15) is 41.2 Å². The lowest BCUT2D eigenvalue weighted by molar-refractivity contribution is 0.921. The van der Waals surface area contributed by atoms with Crippen molar-refractivity contribution < 1.29 is 0 Å². The normalized spacial score (nSPS) is 11.1. The third-order valence-electron chi connectivity index (χ3n) is 3.60. The van der Waals surface area contributed by atoms with Crippen LogP contribution < -0.4 is 0 Å². The van der Waals surface area contributed by atoms with Gasteiger partial charge in [-0.2, -0.15) is 0 Å². The lowest BCUT2D eigenvalue weighted by atomic mass is 10.0. The van der Waals surface area contributed by atoms with Crippen LogP contribution in [-0.2, 0) is 6.42 Å². The van der Waals surface area contributed by atoms with Crippen molar-refractivity contribution in [3.05, 3.63) is 46.0 Å². The van der Waals surface area contributed by atoms with E-state index in [1.54, 1.807) is 0 Å². The van der Waals surface area contributed by atoms with Crippen molar-refractivity contribution in [2.45, 2.75) is 47.5 Å². The molecule has 0 aliphatic heterocycles. The predicted molar refractivity (Wildman–Crippen MR) is 76.0 cm³/mol. The van der Waals surface area contributed by atoms with Crippen LogP contribution in [0.3, 0.4) is 0 Å². The van der Waals surface area contributed by atoms with Crippen LogP contribution in [0.4, 0.5) is 0 Å². The largest absolute Gasteiger partial charge is 0.0651 e. The summed E-state index contributed by atoms with van der Waals surface area (Å²) in [6.45, 7) is 11.2. The molecule has 0 heterocycles. The second-order valence-electron chi connectivity index (χ2n) is 5.24. The topological polar surface area (TPSA) is 0 Å². The van der Waals surface area contributed by atoms with Gasteiger partial charge in [-0.1, -0.05) is 31.5 Å². The lowest BCUT2D eigenvalue weighted by Gasteiger charge is -2.03. The van der Waals surface area contributed by atoms with E-state index in [4.69, 9.17) is 0 Å². The van der Waals surface area contributed by atoms with Gasteiger partial charge >= 0.3 is 0 Å². The molecule has 17 heavy (non-hydrogen) atoms. The molecule has 0 aromatic heterocycles. The molecule has 0 heteroatoms. The first-order valence-corrected chi connectivity index (χ1v) is 6.54. The van der Waals surface area contributed by atoms with Crippen molar-refractivity contribution in [2.24, 2.45) is 0 Å². The maximum atomic E-state index is 2.37. The SMILES string of the molecule is CCCc1cc(C)c2c(C)cc(C)c-2c(C)c1. The monoisotopic (exact) mass is 226 g/mol. The molecule has 2 aliphatic carbocycles. The summed E-state index contributed by atoms with van der Waals surface area (Å²) in [6, 6.07) is 7.04. The summed E-state index contributed by atoms with van der Waals surface area (Å²) in [5.41, 5.74) is 10.1. The van der Waals surface area contributed by atoms with Crippen molar-refractivity contribution in [3.8, 4) is 11.1 Å². The molecule has 0 nitrogen and oxygen atoms in total. The van der Waals surface area contributed by atoms with Gasteiger partial charge in [0.2, 0.25) is 0 Å². The van der Waals surface area contributed by atoms with E-state index >= 15 is 0 Å². The third-order valence-corrected chi connectivity index (χ3v) is 3.60. The second-order valence-corrected chi connectivity index (χ2v) is 5.24. The highest BCUT2D eigenvalue weighted by molar-refractivity contribution is 5.79. The first-order valence-electron chi connectivity index (χ1n) is 6.54. The van der Waals surface area contributed by atoms with Crippen molar-refractivity contribution in [2.75, 3.05) is 0 Å². The minimum Gasteiger partial charge on any atom is -0.0651 e. The van der Waals surface area contributed by atoms with Crippen molar-refractivity contribution in [1.82, 2.24) is 0 Å². The fourth-order valence-electron chi connectivity index (χ4n) is 3.05. The predicted octanol–water partition coefficient (Wildman–Crippen LogP) is 4.98. The van der Waals surface area contributed by atoms with Crippen molar-refractivity contribution >= 4 is 0 Å². The molecule has 0 aromatic rings. The third kappa shape index (κ3) is 2.09. The van der Waals surface area contributed by atoms with Gasteiger partial charge in [0.05, 0.1) is 0 Å². The van der Waals surface area contributed by atoms with E-state index in [0.717, 1.165) is 0 Å². The molecular formula is C17H22. The fraction of sp³-hybridized carbons (Fsp3) is 0.412. The number of hydrogen-bond donors (Lipinski definition) is 0. The molecule has 90 valence electrons. The summed E-state index contributed by atoms with van der Waals surface area (Å²) >= 11 is 0. The van der Waals surface area contributed by atoms with Crippen LogP contribution in [0.2, 0.25) is 0 Å². The second kappa shape index (κ2) is 4.52. The van der Waals surface area contributed by atoms with Crippen LogP contribution in [-0.4, -0.2) is 0 Å². The molecule has 0 unspecified atom stereocenters. The Morgan fingerprint density at radius 3 is 1.53 bits per heavy atom. The Morgan fingerprint density at radius 2 is 1.12 bits per heavy atom. The zero-order valence-electron chi connectivity index (χ0n) is 11.6. The van der Waals surface area contributed by atoms with Gasteiger partial charge in [-0.05, 0) is 73.1 Å². The first-order chi connectivity index (χ1) is 8.04. The maximum absolute atomic E-state index is 2.37. The molecule has 0 N–H and O–H groups in total. The van der Waals surface area contributed by atoms with Gasteiger partial charge in [0.25, 0.3) is 0 Å². The van der Waals surface area contributed by atoms with Crippen LogP contribution in [0.15, 0.2) is 18.2 Å². The van der Waals surface area contributed by atoms with Gasteiger partial charge in [-0.25, -0.2) is 0 Å². The molecule has 2 rings (SSSR count). The number of fused-ring (bicyclic) bond motifs is 1. The molecule has 0 aromatic carbocycles. The number of hydrogen-bond acceptors (Lipinski definition) is 0. The quantitative estimate of drug-likeness (QED) is 0.677. The Balaban J connectivity index is 2.76. The molecule has 0 spiro atoms. The number of rotatable bonds is 2. The Bertz CT molecular complexity index is 478. The van der Waals surface area contributed by atoms with E-state index in [1.807, 2.05) is 0 Å². The van der Waals surface area contributed by atoms with E-state index in [2.05, 4.69) is 52.8 Å². The minimum absolute atomic E-state index is 1.18. The van der Waals surface area contributed by atoms with Crippen LogP contribution in [0.25, 0.3) is 11.1 Å². The summed E-state index contributed by atoms with van der Waals surface area (Å²) < 4.78 is 0. The molecule has 0 fully saturated rings. The molecule has 0 radical (unpaired) electrons. The van der Waals surface area contributed by atoms with Gasteiger partial charge in [-0.3, -0.25) is 0 Å². The maximum Gasteiger partial charge on any atom is -0.0120 e. The summed E-state index contributed by atoms with van der Waals surface area (Å²) in [5.74, 6) is 0. The highest BCUT2D eigenvalue weighted by Crippen LogP contribution is 2.36. The van der Waals surface area contributed by atoms with E-state index < -0.39 is 0 Å². The summed E-state index contributed by atoms with van der Waals surface area (Å²) in [6.07, 6.45) is 2.39. The van der Waals surface area contributed by atoms with E-state index in [1.165, 1.54) is 51.8 Å². The highest BCUT2D eigenvalue weighted by Gasteiger charge is 2.15. The van der Waals surface area contributed by atoms with Crippen molar-refractivity contribution in [3.63, 3.8) is 0 Å². The Kier molecular flexibility index (Phi) is 3.24. The number of aryl methyl sites for hydroxylation is 5. The molecule has 2 aliphatic rings. The van der Waals surface area contributed by atoms with Crippen LogP contribution >= 0.6 is 0 Å². The smallest absolute Gasteiger partial charge is 0.0120 e. The molecule has 0 bridgehead atoms. The van der Waals surface area contributed by atoms with Gasteiger partial charge in [0.1, 0.15) is 0 Å². The summed E-state index contributed by atoms with van der Waals surface area (Å²) in [5, 5.41) is 0. The van der Waals surface area contributed by atoms with Gasteiger partial charge < -0.3 is 0 Å².